The number of alkyl carbamates (subject to hydrolysis) is 1. The number of aliphatic carboxylic acids is 1. The molecule has 78 valence electrons. The van der Waals surface area contributed by atoms with Crippen LogP contribution in [0.2, 0.25) is 0 Å². The van der Waals surface area contributed by atoms with Crippen molar-refractivity contribution in [2.75, 3.05) is 6.61 Å². The normalized spacial score (nSPS) is 11.1. The second kappa shape index (κ2) is 7.02. The van der Waals surface area contributed by atoms with Crippen LogP contribution in [0.15, 0.2) is 12.7 Å². The van der Waals surface area contributed by atoms with Gasteiger partial charge in [-0.2, -0.15) is 0 Å². The lowest BCUT2D eigenvalue weighted by Gasteiger charge is -2.11. The first-order valence-electron chi connectivity index (χ1n) is 3.82. The molecule has 2 N–H and O–H groups in total. The monoisotopic (exact) mass is 217 g/mol. The standard InChI is InChI=1S/C8H11NO4S/c1-2-4-13-8(12)9-6(3-5-14)7(10)11/h2,5-6H,1,3-4H2,(H,9,12)(H,10,11). The SMILES string of the molecule is C=CCOC(=O)NC(CC=S)C(=O)O. The van der Waals surface area contributed by atoms with Crippen LogP contribution < -0.4 is 5.32 Å². The van der Waals surface area contributed by atoms with Crippen molar-refractivity contribution in [1.82, 2.24) is 5.32 Å². The van der Waals surface area contributed by atoms with Gasteiger partial charge in [-0.15, -0.1) is 0 Å². The molecule has 0 aromatic rings. The fourth-order valence-corrected chi connectivity index (χ4v) is 0.829. The summed E-state index contributed by atoms with van der Waals surface area (Å²) in [6, 6.07) is -1.04. The van der Waals surface area contributed by atoms with Crippen LogP contribution in [0, 0.1) is 0 Å². The molecule has 0 radical (unpaired) electrons. The number of hydrogen-bond donors (Lipinski definition) is 2. The van der Waals surface area contributed by atoms with Crippen LogP contribution in [-0.2, 0) is 9.53 Å². The van der Waals surface area contributed by atoms with Crippen molar-refractivity contribution in [3.63, 3.8) is 0 Å². The minimum atomic E-state index is -1.15. The van der Waals surface area contributed by atoms with Gasteiger partial charge in [-0.25, -0.2) is 9.59 Å². The number of carbonyl (C=O) groups is 2. The topological polar surface area (TPSA) is 75.6 Å². The Kier molecular flexibility index (Phi) is 6.30. The number of carboxylic acid groups (broad SMARTS) is 1. The average Bonchev–Trinajstić information content (AvgIpc) is 2.14. The number of carboxylic acids is 1. The van der Waals surface area contributed by atoms with Crippen LogP contribution in [0.4, 0.5) is 4.79 Å². The maximum Gasteiger partial charge on any atom is 0.408 e. The van der Waals surface area contributed by atoms with Crippen molar-refractivity contribution in [1.29, 1.82) is 0 Å². The predicted octanol–water partition coefficient (Wildman–Crippen LogP) is 0.742. The zero-order valence-corrected chi connectivity index (χ0v) is 8.25. The number of ether oxygens (including phenoxy) is 1. The quantitative estimate of drug-likeness (QED) is 0.507. The van der Waals surface area contributed by atoms with E-state index in [-0.39, 0.29) is 13.0 Å². The van der Waals surface area contributed by atoms with Crippen molar-refractivity contribution in [3.05, 3.63) is 12.7 Å². The zero-order chi connectivity index (χ0) is 11.0. The third kappa shape index (κ3) is 5.26. The molecule has 1 amide bonds. The van der Waals surface area contributed by atoms with Crippen molar-refractivity contribution in [2.24, 2.45) is 0 Å². The zero-order valence-electron chi connectivity index (χ0n) is 7.43. The van der Waals surface area contributed by atoms with E-state index in [9.17, 15) is 9.59 Å². The molecule has 14 heavy (non-hydrogen) atoms. The van der Waals surface area contributed by atoms with Gasteiger partial charge in [0.25, 0.3) is 0 Å². The Bertz CT molecular complexity index is 241. The molecule has 6 heteroatoms. The number of rotatable bonds is 6. The Morgan fingerprint density at radius 2 is 2.29 bits per heavy atom. The first kappa shape index (κ1) is 12.6. The highest BCUT2D eigenvalue weighted by Gasteiger charge is 2.18. The van der Waals surface area contributed by atoms with Crippen molar-refractivity contribution >= 4 is 29.6 Å². The number of hydrogen-bond acceptors (Lipinski definition) is 4. The van der Waals surface area contributed by atoms with Gasteiger partial charge in [0.1, 0.15) is 12.6 Å². The lowest BCUT2D eigenvalue weighted by Crippen LogP contribution is -2.41. The van der Waals surface area contributed by atoms with Crippen molar-refractivity contribution in [3.8, 4) is 0 Å². The second-order valence-corrected chi connectivity index (χ2v) is 2.66. The fraction of sp³-hybridized carbons (Fsp3) is 0.375. The number of carbonyl (C=O) groups excluding carboxylic acids is 1. The minimum Gasteiger partial charge on any atom is -0.480 e. The van der Waals surface area contributed by atoms with E-state index in [1.807, 2.05) is 0 Å². The molecule has 0 bridgehead atoms. The smallest absolute Gasteiger partial charge is 0.408 e. The molecule has 0 spiro atoms. The van der Waals surface area contributed by atoms with Crippen LogP contribution in [-0.4, -0.2) is 35.2 Å². The van der Waals surface area contributed by atoms with Crippen LogP contribution in [0.25, 0.3) is 0 Å². The number of thiocarbonyl (C=S) groups is 1. The Hall–Kier alpha value is -1.43. The molecule has 0 fully saturated rings. The molecule has 0 aliphatic heterocycles. The molecule has 1 unspecified atom stereocenters. The predicted molar refractivity (Wildman–Crippen MR) is 54.4 cm³/mol. The van der Waals surface area contributed by atoms with E-state index in [1.54, 1.807) is 0 Å². The third-order valence-electron chi connectivity index (χ3n) is 1.25. The Morgan fingerprint density at radius 1 is 1.64 bits per heavy atom. The van der Waals surface area contributed by atoms with Gasteiger partial charge in [0.2, 0.25) is 0 Å². The van der Waals surface area contributed by atoms with E-state index < -0.39 is 18.1 Å². The van der Waals surface area contributed by atoms with E-state index in [0.29, 0.717) is 0 Å². The molecule has 0 aliphatic carbocycles. The van der Waals surface area contributed by atoms with E-state index in [1.165, 1.54) is 11.4 Å². The van der Waals surface area contributed by atoms with Gasteiger partial charge in [-0.05, 0) is 5.37 Å². The van der Waals surface area contributed by atoms with Gasteiger partial charge >= 0.3 is 12.1 Å². The molecule has 0 rings (SSSR count). The maximum atomic E-state index is 10.9. The molecule has 0 heterocycles. The molecule has 5 nitrogen and oxygen atoms in total. The third-order valence-corrected chi connectivity index (χ3v) is 1.45. The van der Waals surface area contributed by atoms with Gasteiger partial charge in [0.05, 0.1) is 0 Å². The maximum absolute atomic E-state index is 10.9. The lowest BCUT2D eigenvalue weighted by atomic mass is 10.2. The highest BCUT2D eigenvalue weighted by molar-refractivity contribution is 7.78. The highest BCUT2D eigenvalue weighted by Crippen LogP contribution is 1.91. The Morgan fingerprint density at radius 3 is 2.71 bits per heavy atom. The highest BCUT2D eigenvalue weighted by atomic mass is 32.1. The van der Waals surface area contributed by atoms with Gasteiger partial charge in [-0.3, -0.25) is 0 Å². The molecular formula is C8H11NO4S. The summed E-state index contributed by atoms with van der Waals surface area (Å²) < 4.78 is 4.54. The molecule has 0 aromatic heterocycles. The van der Waals surface area contributed by atoms with E-state index in [2.05, 4.69) is 28.9 Å². The molecule has 0 aromatic carbocycles. The summed E-state index contributed by atoms with van der Waals surface area (Å²) in [6.45, 7) is 3.38. The first-order chi connectivity index (χ1) is 6.61. The Labute approximate surface area is 86.7 Å². The summed E-state index contributed by atoms with van der Waals surface area (Å²) in [6.07, 6.45) is 0.664. The summed E-state index contributed by atoms with van der Waals surface area (Å²) in [5.41, 5.74) is 0. The molecule has 1 atom stereocenters. The van der Waals surface area contributed by atoms with E-state index in [4.69, 9.17) is 5.11 Å². The van der Waals surface area contributed by atoms with Crippen molar-refractivity contribution < 1.29 is 19.4 Å². The lowest BCUT2D eigenvalue weighted by molar-refractivity contribution is -0.139. The largest absolute Gasteiger partial charge is 0.480 e. The van der Waals surface area contributed by atoms with Gasteiger partial charge < -0.3 is 15.2 Å². The van der Waals surface area contributed by atoms with Crippen molar-refractivity contribution in [2.45, 2.75) is 12.5 Å². The molecular weight excluding hydrogens is 206 g/mol. The molecule has 0 saturated carbocycles. The van der Waals surface area contributed by atoms with Gasteiger partial charge in [0, 0.05) is 6.42 Å². The average molecular weight is 217 g/mol. The number of nitrogens with one attached hydrogen (secondary N) is 1. The fourth-order valence-electron chi connectivity index (χ4n) is 0.636. The summed E-state index contributed by atoms with van der Waals surface area (Å²) in [5.74, 6) is -1.15. The van der Waals surface area contributed by atoms with Gasteiger partial charge in [-0.1, -0.05) is 24.9 Å². The summed E-state index contributed by atoms with van der Waals surface area (Å²) in [7, 11) is 0. The van der Waals surface area contributed by atoms with Crippen LogP contribution in [0.3, 0.4) is 0 Å². The first-order valence-corrected chi connectivity index (χ1v) is 4.29. The summed E-state index contributed by atoms with van der Waals surface area (Å²) in [5, 5.41) is 12.0. The Balaban J connectivity index is 4.01. The van der Waals surface area contributed by atoms with Crippen LogP contribution in [0.1, 0.15) is 6.42 Å². The second-order valence-electron chi connectivity index (χ2n) is 2.32. The molecule has 0 saturated heterocycles. The van der Waals surface area contributed by atoms with E-state index >= 15 is 0 Å². The van der Waals surface area contributed by atoms with Crippen LogP contribution in [0.5, 0.6) is 0 Å². The van der Waals surface area contributed by atoms with Crippen LogP contribution >= 0.6 is 12.2 Å². The van der Waals surface area contributed by atoms with E-state index in [0.717, 1.165) is 0 Å². The van der Waals surface area contributed by atoms with Gasteiger partial charge in [0.15, 0.2) is 0 Å². The molecule has 0 aliphatic rings. The summed E-state index contributed by atoms with van der Waals surface area (Å²) >= 11 is 4.49. The minimum absolute atomic E-state index is 0.0375. The number of amides is 1. The summed E-state index contributed by atoms with van der Waals surface area (Å²) in [4.78, 5) is 21.4.